The minimum atomic E-state index is -3.58. The molecule has 0 N–H and O–H groups in total. The van der Waals surface area contributed by atoms with Gasteiger partial charge in [-0.1, -0.05) is 29.3 Å². The third-order valence-corrected chi connectivity index (χ3v) is 8.36. The molecule has 10 heteroatoms. The molecule has 2 aromatic rings. The fourth-order valence-electron chi connectivity index (χ4n) is 3.31. The number of benzene rings is 1. The monoisotopic (exact) mass is 484 g/mol. The minimum absolute atomic E-state index is 0.239. The average Bonchev–Trinajstić information content (AvgIpc) is 3.16. The van der Waals surface area contributed by atoms with Crippen LogP contribution in [0.2, 0.25) is 4.34 Å². The predicted molar refractivity (Wildman–Crippen MR) is 119 cm³/mol. The Balaban J connectivity index is 1.46. The summed E-state index contributed by atoms with van der Waals surface area (Å²) in [7, 11) is -1.94. The SMILES string of the molecule is Cc1ccc(S(=O)(=O)N2CCC(C(=O)OCC(=O)N(C)Cc3ccc(Cl)s3)CC2)cc1. The van der Waals surface area contributed by atoms with Gasteiger partial charge in [-0.25, -0.2) is 8.42 Å². The number of nitrogens with zero attached hydrogens (tertiary/aromatic N) is 2. The number of amides is 1. The Morgan fingerprint density at radius 2 is 1.81 bits per heavy atom. The van der Waals surface area contributed by atoms with Gasteiger partial charge in [0.25, 0.3) is 5.91 Å². The van der Waals surface area contributed by atoms with E-state index < -0.39 is 21.9 Å². The van der Waals surface area contributed by atoms with Crippen LogP contribution in [0.4, 0.5) is 0 Å². The fourth-order valence-corrected chi connectivity index (χ4v) is 5.92. The van der Waals surface area contributed by atoms with Gasteiger partial charge in [0, 0.05) is 25.0 Å². The highest BCUT2D eigenvalue weighted by Gasteiger charge is 2.33. The second-order valence-corrected chi connectivity index (χ2v) is 11.3. The molecule has 0 saturated carbocycles. The second kappa shape index (κ2) is 10.1. The van der Waals surface area contributed by atoms with Crippen LogP contribution >= 0.6 is 22.9 Å². The van der Waals surface area contributed by atoms with E-state index >= 15 is 0 Å². The van der Waals surface area contributed by atoms with Crippen LogP contribution in [0.5, 0.6) is 0 Å². The summed E-state index contributed by atoms with van der Waals surface area (Å²) in [5.41, 5.74) is 0.986. The first-order valence-electron chi connectivity index (χ1n) is 9.88. The third-order valence-electron chi connectivity index (χ3n) is 5.23. The van der Waals surface area contributed by atoms with Gasteiger partial charge in [0.1, 0.15) is 0 Å². The molecular weight excluding hydrogens is 460 g/mol. The van der Waals surface area contributed by atoms with Crippen LogP contribution in [0.15, 0.2) is 41.3 Å². The highest BCUT2D eigenvalue weighted by atomic mass is 35.5. The van der Waals surface area contributed by atoms with Crippen LogP contribution < -0.4 is 0 Å². The van der Waals surface area contributed by atoms with E-state index in [1.807, 2.05) is 13.0 Å². The Labute approximate surface area is 191 Å². The molecule has 1 saturated heterocycles. The smallest absolute Gasteiger partial charge is 0.309 e. The van der Waals surface area contributed by atoms with Gasteiger partial charge in [0.05, 0.1) is 21.7 Å². The van der Waals surface area contributed by atoms with Gasteiger partial charge in [0.15, 0.2) is 6.61 Å². The van der Waals surface area contributed by atoms with Gasteiger partial charge in [-0.2, -0.15) is 4.31 Å². The molecule has 1 aromatic carbocycles. The number of thiophene rings is 1. The topological polar surface area (TPSA) is 84.0 Å². The van der Waals surface area contributed by atoms with Crippen LogP contribution in [-0.4, -0.2) is 56.2 Å². The molecule has 0 atom stereocenters. The van der Waals surface area contributed by atoms with Gasteiger partial charge in [0.2, 0.25) is 10.0 Å². The summed E-state index contributed by atoms with van der Waals surface area (Å²) in [6.07, 6.45) is 0.725. The maximum absolute atomic E-state index is 12.8. The number of hydrogen-bond donors (Lipinski definition) is 0. The van der Waals surface area contributed by atoms with Gasteiger partial charge in [-0.05, 0) is 44.0 Å². The van der Waals surface area contributed by atoms with Gasteiger partial charge < -0.3 is 9.64 Å². The van der Waals surface area contributed by atoms with Gasteiger partial charge in [-0.15, -0.1) is 11.3 Å². The van der Waals surface area contributed by atoms with Crippen LogP contribution in [-0.2, 0) is 30.9 Å². The Bertz CT molecular complexity index is 1030. The van der Waals surface area contributed by atoms with Crippen LogP contribution in [0.3, 0.4) is 0 Å². The molecular formula is C21H25ClN2O5S2. The van der Waals surface area contributed by atoms with Crippen molar-refractivity contribution in [1.29, 1.82) is 0 Å². The average molecular weight is 485 g/mol. The molecule has 1 aliphatic heterocycles. The minimum Gasteiger partial charge on any atom is -0.455 e. The summed E-state index contributed by atoms with van der Waals surface area (Å²) in [5, 5.41) is 0. The zero-order valence-electron chi connectivity index (χ0n) is 17.4. The van der Waals surface area contributed by atoms with Crippen LogP contribution in [0.1, 0.15) is 23.3 Å². The summed E-state index contributed by atoms with van der Waals surface area (Å²) in [6, 6.07) is 10.3. The van der Waals surface area contributed by atoms with E-state index in [2.05, 4.69) is 0 Å². The molecule has 7 nitrogen and oxygen atoms in total. The van der Waals surface area contributed by atoms with E-state index in [9.17, 15) is 18.0 Å². The number of esters is 1. The van der Waals surface area contributed by atoms with Crippen molar-refractivity contribution < 1.29 is 22.7 Å². The summed E-state index contributed by atoms with van der Waals surface area (Å²) in [5.74, 6) is -1.19. The molecule has 31 heavy (non-hydrogen) atoms. The van der Waals surface area contributed by atoms with E-state index in [-0.39, 0.29) is 30.5 Å². The lowest BCUT2D eigenvalue weighted by Crippen LogP contribution is -2.41. The molecule has 168 valence electrons. The number of carbonyl (C=O) groups is 2. The lowest BCUT2D eigenvalue weighted by atomic mass is 9.98. The number of carbonyl (C=O) groups excluding carboxylic acids is 2. The Morgan fingerprint density at radius 1 is 1.16 bits per heavy atom. The Kier molecular flexibility index (Phi) is 7.74. The van der Waals surface area contributed by atoms with Crippen molar-refractivity contribution in [3.63, 3.8) is 0 Å². The van der Waals surface area contributed by atoms with Crippen molar-refractivity contribution in [2.75, 3.05) is 26.7 Å². The van der Waals surface area contributed by atoms with Gasteiger partial charge in [-0.3, -0.25) is 9.59 Å². The van der Waals surface area contributed by atoms with Gasteiger partial charge >= 0.3 is 5.97 Å². The summed E-state index contributed by atoms with van der Waals surface area (Å²) in [6.45, 7) is 2.43. The number of likely N-dealkylation sites (N-methyl/N-ethyl adjacent to an activating group) is 1. The molecule has 1 aliphatic rings. The zero-order chi connectivity index (χ0) is 22.6. The first-order valence-corrected chi connectivity index (χ1v) is 12.5. The molecule has 1 fully saturated rings. The number of aryl methyl sites for hydroxylation is 1. The van der Waals surface area contributed by atoms with Crippen LogP contribution in [0.25, 0.3) is 0 Å². The van der Waals surface area contributed by atoms with Crippen molar-refractivity contribution in [3.05, 3.63) is 51.2 Å². The molecule has 0 radical (unpaired) electrons. The van der Waals surface area contributed by atoms with E-state index in [1.54, 1.807) is 37.4 Å². The quantitative estimate of drug-likeness (QED) is 0.563. The molecule has 0 bridgehead atoms. The maximum atomic E-state index is 12.8. The Morgan fingerprint density at radius 3 is 2.39 bits per heavy atom. The number of sulfonamides is 1. The molecule has 2 heterocycles. The number of piperidine rings is 1. The molecule has 1 aromatic heterocycles. The highest BCUT2D eigenvalue weighted by molar-refractivity contribution is 7.89. The molecule has 0 spiro atoms. The van der Waals surface area contributed by atoms with Crippen molar-refractivity contribution in [3.8, 4) is 0 Å². The first kappa shape index (κ1) is 23.7. The van der Waals surface area contributed by atoms with Crippen molar-refractivity contribution >= 4 is 44.8 Å². The van der Waals surface area contributed by atoms with Crippen molar-refractivity contribution in [1.82, 2.24) is 9.21 Å². The van der Waals surface area contributed by atoms with E-state index in [0.29, 0.717) is 23.7 Å². The molecule has 0 aliphatic carbocycles. The lowest BCUT2D eigenvalue weighted by molar-refractivity contribution is -0.156. The zero-order valence-corrected chi connectivity index (χ0v) is 19.8. The summed E-state index contributed by atoms with van der Waals surface area (Å²) in [4.78, 5) is 27.3. The number of halogens is 1. The molecule has 0 unspecified atom stereocenters. The van der Waals surface area contributed by atoms with E-state index in [1.165, 1.54) is 20.5 Å². The van der Waals surface area contributed by atoms with E-state index in [0.717, 1.165) is 10.4 Å². The highest BCUT2D eigenvalue weighted by Crippen LogP contribution is 2.25. The first-order chi connectivity index (χ1) is 14.7. The third kappa shape index (κ3) is 6.06. The van der Waals surface area contributed by atoms with Crippen LogP contribution in [0, 0.1) is 12.8 Å². The lowest BCUT2D eigenvalue weighted by Gasteiger charge is -2.30. The molecule has 1 amide bonds. The maximum Gasteiger partial charge on any atom is 0.309 e. The second-order valence-electron chi connectivity index (χ2n) is 7.55. The summed E-state index contributed by atoms with van der Waals surface area (Å²) >= 11 is 7.29. The van der Waals surface area contributed by atoms with E-state index in [4.69, 9.17) is 16.3 Å². The van der Waals surface area contributed by atoms with Crippen molar-refractivity contribution in [2.24, 2.45) is 5.92 Å². The normalized spacial score (nSPS) is 15.6. The summed E-state index contributed by atoms with van der Waals surface area (Å²) < 4.78 is 32.8. The fraction of sp³-hybridized carbons (Fsp3) is 0.429. The number of rotatable bonds is 7. The number of hydrogen-bond acceptors (Lipinski definition) is 6. The standard InChI is InChI=1S/C21H25ClN2O5S2/c1-15-3-6-18(7-4-15)31(27,28)24-11-9-16(10-12-24)21(26)29-14-20(25)23(2)13-17-5-8-19(22)30-17/h3-8,16H,9-14H2,1-2H3. The number of ether oxygens (including phenoxy) is 1. The Hall–Kier alpha value is -1.94. The largest absolute Gasteiger partial charge is 0.455 e. The molecule has 3 rings (SSSR count). The predicted octanol–water partition coefficient (Wildman–Crippen LogP) is 3.31. The van der Waals surface area contributed by atoms with Crippen molar-refractivity contribution in [2.45, 2.75) is 31.2 Å².